The topological polar surface area (TPSA) is 111 Å². The van der Waals surface area contributed by atoms with Gasteiger partial charge < -0.3 is 21.1 Å². The van der Waals surface area contributed by atoms with E-state index in [-0.39, 0.29) is 24.3 Å². The van der Waals surface area contributed by atoms with Crippen molar-refractivity contribution in [2.45, 2.75) is 32.9 Å². The molecular weight excluding hydrogens is 286 g/mol. The van der Waals surface area contributed by atoms with Crippen molar-refractivity contribution in [2.24, 2.45) is 11.7 Å². The van der Waals surface area contributed by atoms with Gasteiger partial charge in [0.15, 0.2) is 0 Å². The number of anilines is 1. The van der Waals surface area contributed by atoms with Gasteiger partial charge in [-0.3, -0.25) is 14.3 Å². The molecule has 1 aromatic heterocycles. The van der Waals surface area contributed by atoms with Crippen LogP contribution in [0.15, 0.2) is 12.4 Å². The average Bonchev–Trinajstić information content (AvgIpc) is 2.92. The van der Waals surface area contributed by atoms with E-state index < -0.39 is 6.04 Å². The van der Waals surface area contributed by atoms with E-state index >= 15 is 0 Å². The lowest BCUT2D eigenvalue weighted by Gasteiger charge is -2.16. The molecule has 0 saturated heterocycles. The average molecular weight is 311 g/mol. The third-order valence-corrected chi connectivity index (χ3v) is 3.39. The molecule has 1 aromatic rings. The Hall–Kier alpha value is -1.93. The Morgan fingerprint density at radius 1 is 1.50 bits per heavy atom. The van der Waals surface area contributed by atoms with Gasteiger partial charge in [-0.2, -0.15) is 5.10 Å². The van der Waals surface area contributed by atoms with Crippen LogP contribution >= 0.6 is 0 Å². The lowest BCUT2D eigenvalue weighted by Crippen LogP contribution is -2.40. The summed E-state index contributed by atoms with van der Waals surface area (Å²) in [5, 5.41) is 9.43. The Labute approximate surface area is 130 Å². The molecule has 2 amide bonds. The number of aromatic nitrogens is 2. The van der Waals surface area contributed by atoms with Crippen molar-refractivity contribution in [1.29, 1.82) is 0 Å². The van der Waals surface area contributed by atoms with Crippen molar-refractivity contribution >= 4 is 17.5 Å². The Balaban J connectivity index is 2.47. The van der Waals surface area contributed by atoms with E-state index in [0.717, 1.165) is 6.42 Å². The first kappa shape index (κ1) is 18.1. The van der Waals surface area contributed by atoms with E-state index in [0.29, 0.717) is 18.8 Å². The SMILES string of the molecule is CCC(C)C(N)C(=O)Nc1cnn(CC(=O)NCCOC)c1. The fraction of sp³-hybridized carbons (Fsp3) is 0.643. The fourth-order valence-corrected chi connectivity index (χ4v) is 1.75. The van der Waals surface area contributed by atoms with E-state index in [9.17, 15) is 9.59 Å². The Bertz CT molecular complexity index is 489. The lowest BCUT2D eigenvalue weighted by molar-refractivity contribution is -0.122. The summed E-state index contributed by atoms with van der Waals surface area (Å²) in [7, 11) is 1.57. The molecule has 4 N–H and O–H groups in total. The van der Waals surface area contributed by atoms with E-state index in [1.807, 2.05) is 13.8 Å². The highest BCUT2D eigenvalue weighted by Gasteiger charge is 2.19. The molecule has 1 heterocycles. The number of nitrogens with zero attached hydrogens (tertiary/aromatic N) is 2. The number of carbonyl (C=O) groups is 2. The summed E-state index contributed by atoms with van der Waals surface area (Å²) in [5.41, 5.74) is 6.38. The maximum absolute atomic E-state index is 12.0. The van der Waals surface area contributed by atoms with E-state index in [1.54, 1.807) is 13.3 Å². The summed E-state index contributed by atoms with van der Waals surface area (Å²) in [5.74, 6) is -0.325. The molecule has 0 aromatic carbocycles. The third kappa shape index (κ3) is 5.82. The molecule has 0 aliphatic heterocycles. The molecule has 0 saturated carbocycles. The standard InChI is InChI=1S/C14H25N5O3/c1-4-10(2)13(15)14(21)18-11-7-17-19(8-11)9-12(20)16-5-6-22-3/h7-8,10,13H,4-6,9,15H2,1-3H3,(H,16,20)(H,18,21). The van der Waals surface area contributed by atoms with Crippen LogP contribution in [0, 0.1) is 5.92 Å². The Morgan fingerprint density at radius 2 is 2.23 bits per heavy atom. The van der Waals surface area contributed by atoms with Crippen LogP contribution in [0.5, 0.6) is 0 Å². The maximum atomic E-state index is 12.0. The molecule has 2 atom stereocenters. The van der Waals surface area contributed by atoms with Crippen molar-refractivity contribution < 1.29 is 14.3 Å². The molecule has 0 spiro atoms. The molecule has 0 fully saturated rings. The normalized spacial score (nSPS) is 13.5. The maximum Gasteiger partial charge on any atom is 0.241 e. The summed E-state index contributed by atoms with van der Waals surface area (Å²) in [6.07, 6.45) is 3.91. The number of nitrogens with two attached hydrogens (primary N) is 1. The quantitative estimate of drug-likeness (QED) is 0.554. The zero-order valence-corrected chi connectivity index (χ0v) is 13.3. The van der Waals surface area contributed by atoms with Crippen LogP contribution in [0.2, 0.25) is 0 Å². The molecule has 2 unspecified atom stereocenters. The molecule has 0 aliphatic rings. The molecule has 22 heavy (non-hydrogen) atoms. The van der Waals surface area contributed by atoms with Crippen LogP contribution in [-0.4, -0.2) is 47.9 Å². The monoisotopic (exact) mass is 311 g/mol. The van der Waals surface area contributed by atoms with Gasteiger partial charge >= 0.3 is 0 Å². The van der Waals surface area contributed by atoms with Gasteiger partial charge in [0.2, 0.25) is 11.8 Å². The minimum atomic E-state index is -0.564. The minimum Gasteiger partial charge on any atom is -0.383 e. The minimum absolute atomic E-state index is 0.0804. The predicted octanol–water partition coefficient (Wildman–Crippen LogP) is -0.0424. The number of methoxy groups -OCH3 is 1. The second-order valence-corrected chi connectivity index (χ2v) is 5.17. The molecule has 124 valence electrons. The van der Waals surface area contributed by atoms with Crippen molar-refractivity contribution in [3.05, 3.63) is 12.4 Å². The first-order valence-electron chi connectivity index (χ1n) is 7.32. The highest BCUT2D eigenvalue weighted by molar-refractivity contribution is 5.94. The van der Waals surface area contributed by atoms with Crippen molar-refractivity contribution in [1.82, 2.24) is 15.1 Å². The number of amides is 2. The van der Waals surface area contributed by atoms with Gasteiger partial charge in [-0.25, -0.2) is 0 Å². The number of rotatable bonds is 9. The molecule has 8 heteroatoms. The van der Waals surface area contributed by atoms with Crippen LogP contribution in [0.4, 0.5) is 5.69 Å². The van der Waals surface area contributed by atoms with E-state index in [2.05, 4.69) is 15.7 Å². The summed E-state index contributed by atoms with van der Waals surface area (Å²) in [4.78, 5) is 23.6. The smallest absolute Gasteiger partial charge is 0.241 e. The first-order chi connectivity index (χ1) is 10.5. The van der Waals surface area contributed by atoms with E-state index in [1.165, 1.54) is 10.9 Å². The molecule has 1 rings (SSSR count). The van der Waals surface area contributed by atoms with Crippen LogP contribution in [-0.2, 0) is 20.9 Å². The van der Waals surface area contributed by atoms with Gasteiger partial charge in [-0.15, -0.1) is 0 Å². The number of ether oxygens (including phenoxy) is 1. The van der Waals surface area contributed by atoms with Gasteiger partial charge in [-0.05, 0) is 5.92 Å². The largest absolute Gasteiger partial charge is 0.383 e. The molecule has 0 bridgehead atoms. The van der Waals surface area contributed by atoms with Gasteiger partial charge in [0, 0.05) is 19.9 Å². The van der Waals surface area contributed by atoms with Crippen molar-refractivity contribution in [3.63, 3.8) is 0 Å². The number of hydrogen-bond acceptors (Lipinski definition) is 5. The zero-order valence-electron chi connectivity index (χ0n) is 13.3. The predicted molar refractivity (Wildman–Crippen MR) is 83.2 cm³/mol. The first-order valence-corrected chi connectivity index (χ1v) is 7.32. The van der Waals surface area contributed by atoms with Gasteiger partial charge in [-0.1, -0.05) is 20.3 Å². The number of hydrogen-bond donors (Lipinski definition) is 3. The summed E-state index contributed by atoms with van der Waals surface area (Å²) < 4.78 is 6.30. The Morgan fingerprint density at radius 3 is 2.86 bits per heavy atom. The van der Waals surface area contributed by atoms with Gasteiger partial charge in [0.05, 0.1) is 24.5 Å². The number of nitrogens with one attached hydrogen (secondary N) is 2. The van der Waals surface area contributed by atoms with Crippen LogP contribution in [0.1, 0.15) is 20.3 Å². The lowest BCUT2D eigenvalue weighted by atomic mass is 9.99. The highest BCUT2D eigenvalue weighted by atomic mass is 16.5. The third-order valence-electron chi connectivity index (χ3n) is 3.39. The zero-order chi connectivity index (χ0) is 16.5. The summed E-state index contributed by atoms with van der Waals surface area (Å²) in [6.45, 7) is 4.90. The Kier molecular flexibility index (Phi) is 7.55. The summed E-state index contributed by atoms with van der Waals surface area (Å²) >= 11 is 0. The van der Waals surface area contributed by atoms with Crippen molar-refractivity contribution in [2.75, 3.05) is 25.6 Å². The van der Waals surface area contributed by atoms with E-state index in [4.69, 9.17) is 10.5 Å². The fourth-order valence-electron chi connectivity index (χ4n) is 1.75. The highest BCUT2D eigenvalue weighted by Crippen LogP contribution is 2.10. The molecule has 0 aliphatic carbocycles. The second kappa shape index (κ2) is 9.16. The number of carbonyl (C=O) groups excluding carboxylic acids is 2. The van der Waals surface area contributed by atoms with Crippen LogP contribution < -0.4 is 16.4 Å². The van der Waals surface area contributed by atoms with Crippen molar-refractivity contribution in [3.8, 4) is 0 Å². The van der Waals surface area contributed by atoms with Gasteiger partial charge in [0.25, 0.3) is 0 Å². The molecular formula is C14H25N5O3. The second-order valence-electron chi connectivity index (χ2n) is 5.17. The van der Waals surface area contributed by atoms with Crippen LogP contribution in [0.25, 0.3) is 0 Å². The summed E-state index contributed by atoms with van der Waals surface area (Å²) in [6, 6.07) is -0.564. The molecule has 8 nitrogen and oxygen atoms in total. The van der Waals surface area contributed by atoms with Crippen LogP contribution in [0.3, 0.4) is 0 Å². The van der Waals surface area contributed by atoms with Gasteiger partial charge in [0.1, 0.15) is 6.54 Å². The molecule has 0 radical (unpaired) electrons.